The highest BCUT2D eigenvalue weighted by atomic mass is 16.5. The van der Waals surface area contributed by atoms with Gasteiger partial charge < -0.3 is 0 Å². The summed E-state index contributed by atoms with van der Waals surface area (Å²) in [5, 5.41) is 11.3. The molecule has 2 heteroatoms. The second kappa shape index (κ2) is 4.18. The van der Waals surface area contributed by atoms with Crippen LogP contribution >= 0.6 is 0 Å². The van der Waals surface area contributed by atoms with Gasteiger partial charge in [-0.05, 0) is 39.0 Å². The summed E-state index contributed by atoms with van der Waals surface area (Å²) in [6, 6.07) is 0. The topological polar surface area (TPSA) is 23.5 Å². The maximum absolute atomic E-state index is 9.83. The Hall–Kier alpha value is -0.760. The second-order valence-electron chi connectivity index (χ2n) is 4.36. The molecule has 0 aromatic rings. The zero-order valence-corrected chi connectivity index (χ0v) is 8.87. The van der Waals surface area contributed by atoms with Crippen molar-refractivity contribution in [2.45, 2.75) is 39.0 Å². The minimum atomic E-state index is 0.467. The SMILES string of the molecule is CC1=C(C2C=CCCC2)N(O)CCC1. The Morgan fingerprint density at radius 2 is 2.29 bits per heavy atom. The Morgan fingerprint density at radius 3 is 2.93 bits per heavy atom. The smallest absolute Gasteiger partial charge is 0.0465 e. The van der Waals surface area contributed by atoms with Gasteiger partial charge in [0.2, 0.25) is 0 Å². The molecule has 1 N–H and O–H groups in total. The molecule has 2 nitrogen and oxygen atoms in total. The quantitative estimate of drug-likeness (QED) is 0.647. The van der Waals surface area contributed by atoms with Crippen LogP contribution in [0.2, 0.25) is 0 Å². The number of rotatable bonds is 1. The second-order valence-corrected chi connectivity index (χ2v) is 4.36. The van der Waals surface area contributed by atoms with E-state index in [1.54, 1.807) is 0 Å². The summed E-state index contributed by atoms with van der Waals surface area (Å²) in [5.41, 5.74) is 2.54. The van der Waals surface area contributed by atoms with Crippen LogP contribution in [-0.4, -0.2) is 16.8 Å². The van der Waals surface area contributed by atoms with Gasteiger partial charge in [0.15, 0.2) is 0 Å². The van der Waals surface area contributed by atoms with Gasteiger partial charge >= 0.3 is 0 Å². The van der Waals surface area contributed by atoms with E-state index >= 15 is 0 Å². The summed E-state index contributed by atoms with van der Waals surface area (Å²) in [4.78, 5) is 0. The van der Waals surface area contributed by atoms with Crippen molar-refractivity contribution < 1.29 is 5.21 Å². The van der Waals surface area contributed by atoms with Crippen molar-refractivity contribution in [3.63, 3.8) is 0 Å². The number of hydrogen-bond donors (Lipinski definition) is 1. The molecule has 0 fully saturated rings. The summed E-state index contributed by atoms with van der Waals surface area (Å²) in [5.74, 6) is 0.467. The molecular weight excluding hydrogens is 174 g/mol. The highest BCUT2D eigenvalue weighted by Crippen LogP contribution is 2.32. The first-order chi connectivity index (χ1) is 6.79. The summed E-state index contributed by atoms with van der Waals surface area (Å²) >= 11 is 0. The summed E-state index contributed by atoms with van der Waals surface area (Å²) in [7, 11) is 0. The van der Waals surface area contributed by atoms with Gasteiger partial charge in [-0.1, -0.05) is 17.7 Å². The van der Waals surface area contributed by atoms with Gasteiger partial charge in [0.25, 0.3) is 0 Å². The van der Waals surface area contributed by atoms with Gasteiger partial charge in [0.05, 0.1) is 0 Å². The lowest BCUT2D eigenvalue weighted by Crippen LogP contribution is -2.29. The van der Waals surface area contributed by atoms with Gasteiger partial charge in [-0.15, -0.1) is 0 Å². The molecule has 2 rings (SSSR count). The van der Waals surface area contributed by atoms with Gasteiger partial charge in [-0.25, -0.2) is 0 Å². The summed E-state index contributed by atoms with van der Waals surface area (Å²) in [6.45, 7) is 2.96. The van der Waals surface area contributed by atoms with Crippen molar-refractivity contribution in [3.05, 3.63) is 23.4 Å². The Kier molecular flexibility index (Phi) is 2.92. The molecule has 0 aromatic carbocycles. The van der Waals surface area contributed by atoms with Crippen LogP contribution in [0.15, 0.2) is 23.4 Å². The van der Waals surface area contributed by atoms with E-state index in [4.69, 9.17) is 0 Å². The number of hydrogen-bond acceptors (Lipinski definition) is 2. The third-order valence-corrected chi connectivity index (χ3v) is 3.24. The zero-order chi connectivity index (χ0) is 9.97. The van der Waals surface area contributed by atoms with Crippen LogP contribution < -0.4 is 0 Å². The summed E-state index contributed by atoms with van der Waals surface area (Å²) in [6.07, 6.45) is 10.4. The average molecular weight is 193 g/mol. The van der Waals surface area contributed by atoms with Crippen LogP contribution in [0, 0.1) is 5.92 Å². The minimum absolute atomic E-state index is 0.467. The Balaban J connectivity index is 2.20. The summed E-state index contributed by atoms with van der Waals surface area (Å²) < 4.78 is 0. The van der Waals surface area contributed by atoms with Crippen LogP contribution in [0.3, 0.4) is 0 Å². The van der Waals surface area contributed by atoms with E-state index < -0.39 is 0 Å². The first-order valence-electron chi connectivity index (χ1n) is 5.62. The Bertz CT molecular complexity index is 267. The van der Waals surface area contributed by atoms with Crippen LogP contribution in [0.1, 0.15) is 39.0 Å². The van der Waals surface area contributed by atoms with E-state index in [1.165, 1.54) is 35.6 Å². The molecule has 0 bridgehead atoms. The zero-order valence-electron chi connectivity index (χ0n) is 8.87. The van der Waals surface area contributed by atoms with Crippen molar-refractivity contribution in [3.8, 4) is 0 Å². The van der Waals surface area contributed by atoms with E-state index in [2.05, 4.69) is 19.1 Å². The van der Waals surface area contributed by atoms with Gasteiger partial charge in [-0.2, -0.15) is 0 Å². The fourth-order valence-corrected chi connectivity index (χ4v) is 2.51. The molecule has 0 amide bonds. The molecule has 1 aliphatic carbocycles. The van der Waals surface area contributed by atoms with E-state index in [0.717, 1.165) is 19.4 Å². The minimum Gasteiger partial charge on any atom is -0.289 e. The molecule has 1 aliphatic heterocycles. The maximum Gasteiger partial charge on any atom is 0.0465 e. The standard InChI is InChI=1S/C12H19NO/c1-10-6-5-9-13(14)12(10)11-7-3-2-4-8-11/h3,7,11,14H,2,4-6,8-9H2,1H3. The molecule has 0 saturated heterocycles. The van der Waals surface area contributed by atoms with Crippen LogP contribution in [0.25, 0.3) is 0 Å². The molecular formula is C12H19NO. The molecule has 0 saturated carbocycles. The van der Waals surface area contributed by atoms with E-state index in [1.807, 2.05) is 0 Å². The predicted molar refractivity (Wildman–Crippen MR) is 56.9 cm³/mol. The Labute approximate surface area is 85.9 Å². The largest absolute Gasteiger partial charge is 0.289 e. The fourth-order valence-electron chi connectivity index (χ4n) is 2.51. The third-order valence-electron chi connectivity index (χ3n) is 3.24. The van der Waals surface area contributed by atoms with Crippen molar-refractivity contribution >= 4 is 0 Å². The molecule has 1 unspecified atom stereocenters. The van der Waals surface area contributed by atoms with E-state index in [-0.39, 0.29) is 0 Å². The number of nitrogens with zero attached hydrogens (tertiary/aromatic N) is 1. The van der Waals surface area contributed by atoms with Crippen LogP contribution in [-0.2, 0) is 0 Å². The van der Waals surface area contributed by atoms with Crippen LogP contribution in [0.5, 0.6) is 0 Å². The molecule has 2 aliphatic rings. The molecule has 0 spiro atoms. The molecule has 0 aromatic heterocycles. The monoisotopic (exact) mass is 193 g/mol. The molecule has 0 radical (unpaired) electrons. The highest BCUT2D eigenvalue weighted by molar-refractivity contribution is 5.20. The number of allylic oxidation sites excluding steroid dienone is 3. The molecule has 78 valence electrons. The van der Waals surface area contributed by atoms with Gasteiger partial charge in [-0.3, -0.25) is 10.3 Å². The van der Waals surface area contributed by atoms with Gasteiger partial charge in [0.1, 0.15) is 0 Å². The van der Waals surface area contributed by atoms with Gasteiger partial charge in [0, 0.05) is 18.2 Å². The molecule has 14 heavy (non-hydrogen) atoms. The van der Waals surface area contributed by atoms with Crippen molar-refractivity contribution in [2.24, 2.45) is 5.92 Å². The highest BCUT2D eigenvalue weighted by Gasteiger charge is 2.23. The van der Waals surface area contributed by atoms with Crippen molar-refractivity contribution in [1.82, 2.24) is 5.06 Å². The molecule has 1 heterocycles. The van der Waals surface area contributed by atoms with Crippen molar-refractivity contribution in [1.29, 1.82) is 0 Å². The first kappa shape index (κ1) is 9.78. The Morgan fingerprint density at radius 1 is 1.43 bits per heavy atom. The number of hydroxylamine groups is 2. The lowest BCUT2D eigenvalue weighted by atomic mass is 9.88. The normalized spacial score (nSPS) is 28.4. The lowest BCUT2D eigenvalue weighted by Gasteiger charge is -2.32. The van der Waals surface area contributed by atoms with E-state index in [9.17, 15) is 5.21 Å². The lowest BCUT2D eigenvalue weighted by molar-refractivity contribution is -0.0704. The fraction of sp³-hybridized carbons (Fsp3) is 0.667. The predicted octanol–water partition coefficient (Wildman–Crippen LogP) is 3.10. The first-order valence-corrected chi connectivity index (χ1v) is 5.62. The maximum atomic E-state index is 9.83. The van der Waals surface area contributed by atoms with E-state index in [0.29, 0.717) is 5.92 Å². The third kappa shape index (κ3) is 1.85. The average Bonchev–Trinajstić information content (AvgIpc) is 2.19. The molecule has 1 atom stereocenters. The van der Waals surface area contributed by atoms with Crippen molar-refractivity contribution in [2.75, 3.05) is 6.54 Å². The van der Waals surface area contributed by atoms with Crippen LogP contribution in [0.4, 0.5) is 0 Å².